The van der Waals surface area contributed by atoms with Crippen molar-refractivity contribution in [3.05, 3.63) is 12.3 Å². The molecule has 0 amide bonds. The van der Waals surface area contributed by atoms with Gasteiger partial charge in [-0.3, -0.25) is 0 Å². The van der Waals surface area contributed by atoms with E-state index in [0.717, 1.165) is 0 Å². The molecule has 5 unspecified atom stereocenters. The predicted molar refractivity (Wildman–Crippen MR) is 63.7 cm³/mol. The minimum atomic E-state index is -1.19. The highest BCUT2D eigenvalue weighted by Gasteiger charge is 2.63. The number of hydrogen-bond donors (Lipinski definition) is 4. The largest absolute Gasteiger partial charge is 0.394 e. The first-order chi connectivity index (χ1) is 9.08. The van der Waals surface area contributed by atoms with Crippen molar-refractivity contribution in [3.63, 3.8) is 0 Å². The maximum absolute atomic E-state index is 10.2. The summed E-state index contributed by atoms with van der Waals surface area (Å²) in [5.74, 6) is 0.213. The topological polar surface area (TPSA) is 121 Å². The van der Waals surface area contributed by atoms with Gasteiger partial charge in [0.25, 0.3) is 0 Å². The molecule has 0 radical (unpaired) electrons. The SMILES string of the molecule is NC1=NC(O)N(C2OC(CO)C(O)C23CCO3)C=C1. The van der Waals surface area contributed by atoms with Crippen molar-refractivity contribution in [3.8, 4) is 0 Å². The summed E-state index contributed by atoms with van der Waals surface area (Å²) >= 11 is 0. The van der Waals surface area contributed by atoms with Crippen molar-refractivity contribution in [2.75, 3.05) is 13.2 Å². The van der Waals surface area contributed by atoms with Gasteiger partial charge < -0.3 is 35.4 Å². The van der Waals surface area contributed by atoms with E-state index < -0.39 is 30.4 Å². The Morgan fingerprint density at radius 2 is 2.26 bits per heavy atom. The van der Waals surface area contributed by atoms with E-state index in [1.54, 1.807) is 6.20 Å². The lowest BCUT2D eigenvalue weighted by molar-refractivity contribution is -0.247. The normalized spacial score (nSPS) is 45.4. The Morgan fingerprint density at radius 3 is 2.79 bits per heavy atom. The highest BCUT2D eigenvalue weighted by atomic mass is 16.6. The van der Waals surface area contributed by atoms with Crippen LogP contribution in [0.5, 0.6) is 0 Å². The first-order valence-corrected chi connectivity index (χ1v) is 6.14. The Labute approximate surface area is 109 Å². The number of aliphatic hydroxyl groups is 3. The zero-order chi connectivity index (χ0) is 13.6. The highest BCUT2D eigenvalue weighted by molar-refractivity contribution is 5.91. The predicted octanol–water partition coefficient (Wildman–Crippen LogP) is -2.31. The molecule has 3 aliphatic rings. The first kappa shape index (κ1) is 12.8. The van der Waals surface area contributed by atoms with E-state index in [1.165, 1.54) is 11.0 Å². The second-order valence-electron chi connectivity index (χ2n) is 4.87. The molecular weight excluding hydrogens is 254 g/mol. The number of rotatable bonds is 2. The van der Waals surface area contributed by atoms with Crippen LogP contribution in [0, 0.1) is 0 Å². The van der Waals surface area contributed by atoms with E-state index in [-0.39, 0.29) is 12.4 Å². The van der Waals surface area contributed by atoms with Gasteiger partial charge in [0.05, 0.1) is 13.2 Å². The van der Waals surface area contributed by atoms with E-state index in [2.05, 4.69) is 4.99 Å². The summed E-state index contributed by atoms with van der Waals surface area (Å²) in [5, 5.41) is 29.3. The molecule has 3 aliphatic heterocycles. The van der Waals surface area contributed by atoms with Gasteiger partial charge in [-0.2, -0.15) is 0 Å². The Kier molecular flexibility index (Phi) is 2.99. The van der Waals surface area contributed by atoms with E-state index >= 15 is 0 Å². The molecule has 3 rings (SSSR count). The molecular formula is C11H17N3O5. The summed E-state index contributed by atoms with van der Waals surface area (Å²) in [7, 11) is 0. The van der Waals surface area contributed by atoms with Crippen LogP contribution in [0.1, 0.15) is 6.42 Å². The third kappa shape index (κ3) is 1.76. The van der Waals surface area contributed by atoms with Crippen LogP contribution in [0.2, 0.25) is 0 Å². The minimum absolute atomic E-state index is 0.213. The van der Waals surface area contributed by atoms with Crippen molar-refractivity contribution in [1.29, 1.82) is 0 Å². The molecule has 19 heavy (non-hydrogen) atoms. The van der Waals surface area contributed by atoms with Crippen LogP contribution in [0.4, 0.5) is 0 Å². The van der Waals surface area contributed by atoms with Gasteiger partial charge in [0.2, 0.25) is 6.35 Å². The highest BCUT2D eigenvalue weighted by Crippen LogP contribution is 2.45. The Balaban J connectivity index is 1.86. The molecule has 0 aromatic heterocycles. The lowest BCUT2D eigenvalue weighted by Gasteiger charge is -2.47. The second kappa shape index (κ2) is 4.43. The average Bonchev–Trinajstić information content (AvgIpc) is 2.62. The first-order valence-electron chi connectivity index (χ1n) is 6.14. The summed E-state index contributed by atoms with van der Waals surface area (Å²) in [6, 6.07) is 0. The quantitative estimate of drug-likeness (QED) is 0.445. The summed E-state index contributed by atoms with van der Waals surface area (Å²) in [6.07, 6.45) is 0.0757. The number of nitrogens with two attached hydrogens (primary N) is 1. The van der Waals surface area contributed by atoms with Gasteiger partial charge >= 0.3 is 0 Å². The van der Waals surface area contributed by atoms with Crippen LogP contribution in [0.3, 0.4) is 0 Å². The summed E-state index contributed by atoms with van der Waals surface area (Å²) in [6.45, 7) is 0.190. The lowest BCUT2D eigenvalue weighted by atomic mass is 9.86. The van der Waals surface area contributed by atoms with Crippen molar-refractivity contribution < 1.29 is 24.8 Å². The van der Waals surface area contributed by atoms with Crippen LogP contribution in [0.15, 0.2) is 17.3 Å². The van der Waals surface area contributed by atoms with E-state index in [0.29, 0.717) is 13.0 Å². The summed E-state index contributed by atoms with van der Waals surface area (Å²) in [4.78, 5) is 5.24. The molecule has 1 spiro atoms. The van der Waals surface area contributed by atoms with Crippen molar-refractivity contribution in [1.82, 2.24) is 4.90 Å². The molecule has 8 nitrogen and oxygen atoms in total. The van der Waals surface area contributed by atoms with Crippen molar-refractivity contribution in [2.24, 2.45) is 10.7 Å². The molecule has 5 atom stereocenters. The van der Waals surface area contributed by atoms with Gasteiger partial charge in [-0.15, -0.1) is 0 Å². The zero-order valence-corrected chi connectivity index (χ0v) is 10.2. The van der Waals surface area contributed by atoms with Gasteiger partial charge in [-0.05, 0) is 6.08 Å². The Bertz CT molecular complexity index is 423. The van der Waals surface area contributed by atoms with E-state index in [4.69, 9.17) is 15.2 Å². The molecule has 106 valence electrons. The second-order valence-corrected chi connectivity index (χ2v) is 4.87. The fraction of sp³-hybridized carbons (Fsp3) is 0.727. The molecule has 2 fully saturated rings. The molecule has 0 aliphatic carbocycles. The van der Waals surface area contributed by atoms with Crippen molar-refractivity contribution >= 4 is 5.84 Å². The molecule has 0 bridgehead atoms. The van der Waals surface area contributed by atoms with Gasteiger partial charge in [0, 0.05) is 12.6 Å². The lowest BCUT2D eigenvalue weighted by Crippen LogP contribution is -2.63. The summed E-state index contributed by atoms with van der Waals surface area (Å²) in [5.41, 5.74) is 4.57. The van der Waals surface area contributed by atoms with Gasteiger partial charge in [0.15, 0.2) is 6.23 Å². The standard InChI is InChI=1S/C11H17N3O5/c12-7-1-3-14(10(17)13-7)9-11(2-4-18-11)8(16)6(5-15)19-9/h1,3,6,8-10,15-17H,2,4-5H2,(H2,12,13). The molecule has 0 aromatic carbocycles. The van der Waals surface area contributed by atoms with Gasteiger partial charge in [0.1, 0.15) is 23.6 Å². The fourth-order valence-electron chi connectivity index (χ4n) is 2.73. The van der Waals surface area contributed by atoms with Gasteiger partial charge in [-0.1, -0.05) is 0 Å². The molecule has 2 saturated heterocycles. The zero-order valence-electron chi connectivity index (χ0n) is 10.2. The van der Waals surface area contributed by atoms with Crippen LogP contribution >= 0.6 is 0 Å². The molecule has 0 aromatic rings. The number of ether oxygens (including phenoxy) is 2. The maximum atomic E-state index is 10.2. The Hall–Kier alpha value is -1.19. The fourth-order valence-corrected chi connectivity index (χ4v) is 2.73. The van der Waals surface area contributed by atoms with Crippen LogP contribution in [-0.2, 0) is 9.47 Å². The van der Waals surface area contributed by atoms with Gasteiger partial charge in [-0.25, -0.2) is 4.99 Å². The number of aliphatic imine (C=N–C) groups is 1. The number of hydrogen-bond acceptors (Lipinski definition) is 8. The summed E-state index contributed by atoms with van der Waals surface area (Å²) < 4.78 is 11.1. The third-order valence-corrected chi connectivity index (χ3v) is 3.84. The minimum Gasteiger partial charge on any atom is -0.394 e. The van der Waals surface area contributed by atoms with Crippen LogP contribution in [-0.4, -0.2) is 69.7 Å². The van der Waals surface area contributed by atoms with E-state index in [1.807, 2.05) is 0 Å². The average molecular weight is 271 g/mol. The van der Waals surface area contributed by atoms with E-state index in [9.17, 15) is 15.3 Å². The monoisotopic (exact) mass is 271 g/mol. The molecule has 0 saturated carbocycles. The maximum Gasteiger partial charge on any atom is 0.229 e. The molecule has 3 heterocycles. The third-order valence-electron chi connectivity index (χ3n) is 3.84. The van der Waals surface area contributed by atoms with Crippen molar-refractivity contribution in [2.45, 2.75) is 36.8 Å². The molecule has 5 N–H and O–H groups in total. The number of nitrogens with zero attached hydrogens (tertiary/aromatic N) is 2. The van der Waals surface area contributed by atoms with Crippen LogP contribution < -0.4 is 5.73 Å². The molecule has 8 heteroatoms. The smallest absolute Gasteiger partial charge is 0.229 e. The number of aliphatic hydroxyl groups excluding tert-OH is 3. The number of amidine groups is 1. The Morgan fingerprint density at radius 1 is 1.53 bits per heavy atom. The van der Waals surface area contributed by atoms with Crippen LogP contribution in [0.25, 0.3) is 0 Å².